The Morgan fingerprint density at radius 3 is 2.59 bits per heavy atom. The first-order chi connectivity index (χ1) is 10.3. The quantitative estimate of drug-likeness (QED) is 0.788. The molecule has 2 rings (SSSR count). The number of nitrogens with zero attached hydrogens (tertiary/aromatic N) is 2. The van der Waals surface area contributed by atoms with E-state index in [1.54, 1.807) is 6.07 Å². The molecule has 22 heavy (non-hydrogen) atoms. The molecule has 1 aromatic heterocycles. The molecule has 0 atom stereocenters. The summed E-state index contributed by atoms with van der Waals surface area (Å²) in [4.78, 5) is 4.30. The van der Waals surface area contributed by atoms with E-state index in [0.717, 1.165) is 25.3 Å². The molecule has 120 valence electrons. The number of halogens is 2. The van der Waals surface area contributed by atoms with Gasteiger partial charge in [0.05, 0.1) is 0 Å². The first kappa shape index (κ1) is 16.6. The Morgan fingerprint density at radius 2 is 1.86 bits per heavy atom. The van der Waals surface area contributed by atoms with Crippen molar-refractivity contribution in [1.29, 1.82) is 0 Å². The third kappa shape index (κ3) is 4.90. The molecule has 0 aliphatic heterocycles. The number of aryl methyl sites for hydroxylation is 3. The minimum Gasteiger partial charge on any atom is -0.339 e. The zero-order chi connectivity index (χ0) is 16.2. The van der Waals surface area contributed by atoms with Crippen LogP contribution in [0.4, 0.5) is 8.78 Å². The van der Waals surface area contributed by atoms with E-state index in [2.05, 4.69) is 30.9 Å². The van der Waals surface area contributed by atoms with Crippen LogP contribution in [0.1, 0.15) is 50.9 Å². The van der Waals surface area contributed by atoms with Gasteiger partial charge in [-0.05, 0) is 36.3 Å². The SMILES string of the molecule is CC(C)(C)CCCc1noc(CCc2cccc(F)c2F)n1. The maximum Gasteiger partial charge on any atom is 0.226 e. The molecule has 5 heteroatoms. The molecule has 2 aromatic rings. The molecule has 0 N–H and O–H groups in total. The van der Waals surface area contributed by atoms with Crippen LogP contribution in [0.25, 0.3) is 0 Å². The largest absolute Gasteiger partial charge is 0.339 e. The minimum absolute atomic E-state index is 0.293. The second-order valence-corrected chi connectivity index (χ2v) is 6.73. The maximum atomic E-state index is 13.5. The van der Waals surface area contributed by atoms with Crippen molar-refractivity contribution < 1.29 is 13.3 Å². The van der Waals surface area contributed by atoms with Crippen molar-refractivity contribution in [1.82, 2.24) is 10.1 Å². The van der Waals surface area contributed by atoms with Gasteiger partial charge in [0, 0.05) is 12.8 Å². The van der Waals surface area contributed by atoms with Gasteiger partial charge in [-0.2, -0.15) is 4.98 Å². The van der Waals surface area contributed by atoms with Crippen molar-refractivity contribution in [3.63, 3.8) is 0 Å². The van der Waals surface area contributed by atoms with Crippen molar-refractivity contribution in [2.24, 2.45) is 5.41 Å². The summed E-state index contributed by atoms with van der Waals surface area (Å²) in [6.07, 6.45) is 3.61. The van der Waals surface area contributed by atoms with Crippen molar-refractivity contribution in [2.75, 3.05) is 0 Å². The molecule has 0 saturated heterocycles. The molecule has 0 saturated carbocycles. The highest BCUT2D eigenvalue weighted by Crippen LogP contribution is 2.21. The lowest BCUT2D eigenvalue weighted by Crippen LogP contribution is -2.05. The summed E-state index contributed by atoms with van der Waals surface area (Å²) in [5.41, 5.74) is 0.620. The Balaban J connectivity index is 1.86. The third-order valence-electron chi connectivity index (χ3n) is 3.48. The summed E-state index contributed by atoms with van der Waals surface area (Å²) >= 11 is 0. The summed E-state index contributed by atoms with van der Waals surface area (Å²) < 4.78 is 31.8. The average molecular weight is 308 g/mol. The van der Waals surface area contributed by atoms with Gasteiger partial charge in [0.15, 0.2) is 17.5 Å². The van der Waals surface area contributed by atoms with Crippen molar-refractivity contribution in [2.45, 2.75) is 52.9 Å². The highest BCUT2D eigenvalue weighted by Gasteiger charge is 2.13. The Hall–Kier alpha value is -1.78. The molecule has 1 aromatic carbocycles. The van der Waals surface area contributed by atoms with Crippen LogP contribution in [0.3, 0.4) is 0 Å². The zero-order valence-corrected chi connectivity index (χ0v) is 13.3. The number of rotatable bonds is 6. The molecule has 0 aliphatic rings. The van der Waals surface area contributed by atoms with E-state index in [-0.39, 0.29) is 0 Å². The van der Waals surface area contributed by atoms with E-state index in [9.17, 15) is 8.78 Å². The predicted octanol–water partition coefficient (Wildman–Crippen LogP) is 4.50. The second kappa shape index (κ2) is 6.99. The van der Waals surface area contributed by atoms with Gasteiger partial charge in [0.25, 0.3) is 0 Å². The summed E-state index contributed by atoms with van der Waals surface area (Å²) in [5.74, 6) is -0.480. The lowest BCUT2D eigenvalue weighted by molar-refractivity contribution is 0.355. The van der Waals surface area contributed by atoms with Crippen molar-refractivity contribution in [3.8, 4) is 0 Å². The van der Waals surface area contributed by atoms with Crippen LogP contribution in [0, 0.1) is 17.0 Å². The van der Waals surface area contributed by atoms with Crippen LogP contribution in [-0.4, -0.2) is 10.1 Å². The Morgan fingerprint density at radius 1 is 1.09 bits per heavy atom. The first-order valence-corrected chi connectivity index (χ1v) is 7.59. The molecule has 0 unspecified atom stereocenters. The third-order valence-corrected chi connectivity index (χ3v) is 3.48. The predicted molar refractivity (Wildman–Crippen MR) is 80.5 cm³/mol. The Labute approximate surface area is 129 Å². The van der Waals surface area contributed by atoms with E-state index in [1.165, 1.54) is 6.07 Å². The number of benzene rings is 1. The molecular weight excluding hydrogens is 286 g/mol. The Kier molecular flexibility index (Phi) is 5.27. The number of hydrogen-bond donors (Lipinski definition) is 0. The number of hydrogen-bond acceptors (Lipinski definition) is 3. The summed E-state index contributed by atoms with van der Waals surface area (Å²) in [7, 11) is 0. The molecular formula is C17H22F2N2O. The van der Waals surface area contributed by atoms with Gasteiger partial charge in [-0.15, -0.1) is 0 Å². The summed E-state index contributed by atoms with van der Waals surface area (Å²) in [5, 5.41) is 3.93. The fraction of sp³-hybridized carbons (Fsp3) is 0.529. The lowest BCUT2D eigenvalue weighted by atomic mass is 9.90. The molecule has 0 spiro atoms. The second-order valence-electron chi connectivity index (χ2n) is 6.73. The molecule has 0 amide bonds. The maximum absolute atomic E-state index is 13.5. The van der Waals surface area contributed by atoms with Gasteiger partial charge >= 0.3 is 0 Å². The van der Waals surface area contributed by atoms with Crippen LogP contribution in [0.2, 0.25) is 0 Å². The van der Waals surface area contributed by atoms with E-state index in [0.29, 0.717) is 35.5 Å². The Bertz CT molecular complexity index is 617. The summed E-state index contributed by atoms with van der Waals surface area (Å²) in [6, 6.07) is 4.18. The first-order valence-electron chi connectivity index (χ1n) is 7.59. The highest BCUT2D eigenvalue weighted by molar-refractivity contribution is 5.19. The van der Waals surface area contributed by atoms with E-state index in [1.807, 2.05) is 0 Å². The fourth-order valence-corrected chi connectivity index (χ4v) is 2.25. The van der Waals surface area contributed by atoms with Gasteiger partial charge in [0.1, 0.15) is 0 Å². The van der Waals surface area contributed by atoms with Crippen LogP contribution >= 0.6 is 0 Å². The van der Waals surface area contributed by atoms with Crippen LogP contribution < -0.4 is 0 Å². The molecule has 0 fully saturated rings. The highest BCUT2D eigenvalue weighted by atomic mass is 19.2. The van der Waals surface area contributed by atoms with Crippen LogP contribution in [-0.2, 0) is 19.3 Å². The standard InChI is InChI=1S/C17H22F2N2O/c1-17(2,3)11-5-8-14-20-15(22-21-14)10-9-12-6-4-7-13(18)16(12)19/h4,6-7H,5,8-11H2,1-3H3. The van der Waals surface area contributed by atoms with E-state index < -0.39 is 11.6 Å². The number of aromatic nitrogens is 2. The van der Waals surface area contributed by atoms with Crippen molar-refractivity contribution in [3.05, 3.63) is 47.1 Å². The van der Waals surface area contributed by atoms with Gasteiger partial charge in [0.2, 0.25) is 5.89 Å². The zero-order valence-electron chi connectivity index (χ0n) is 13.3. The van der Waals surface area contributed by atoms with Gasteiger partial charge in [-0.1, -0.05) is 38.1 Å². The monoisotopic (exact) mass is 308 g/mol. The van der Waals surface area contributed by atoms with Crippen LogP contribution in [0.15, 0.2) is 22.7 Å². The van der Waals surface area contributed by atoms with Crippen LogP contribution in [0.5, 0.6) is 0 Å². The van der Waals surface area contributed by atoms with Gasteiger partial charge in [-0.25, -0.2) is 8.78 Å². The molecule has 3 nitrogen and oxygen atoms in total. The topological polar surface area (TPSA) is 38.9 Å². The fourth-order valence-electron chi connectivity index (χ4n) is 2.25. The minimum atomic E-state index is -0.828. The molecule has 0 aliphatic carbocycles. The smallest absolute Gasteiger partial charge is 0.226 e. The van der Waals surface area contributed by atoms with E-state index in [4.69, 9.17) is 4.52 Å². The van der Waals surface area contributed by atoms with E-state index >= 15 is 0 Å². The molecule has 1 heterocycles. The normalized spacial score (nSPS) is 11.9. The lowest BCUT2D eigenvalue weighted by Gasteiger charge is -2.16. The average Bonchev–Trinajstić information content (AvgIpc) is 2.87. The van der Waals surface area contributed by atoms with Gasteiger partial charge < -0.3 is 4.52 Å². The molecule has 0 bridgehead atoms. The van der Waals surface area contributed by atoms with Crippen molar-refractivity contribution >= 4 is 0 Å². The van der Waals surface area contributed by atoms with Gasteiger partial charge in [-0.3, -0.25) is 0 Å². The molecule has 0 radical (unpaired) electrons. The summed E-state index contributed by atoms with van der Waals surface area (Å²) in [6.45, 7) is 6.59.